The smallest absolute Gasteiger partial charge is 0.279 e. The van der Waals surface area contributed by atoms with Gasteiger partial charge >= 0.3 is 0 Å². The number of halogens is 2. The Hall–Kier alpha value is -2.24. The number of benzene rings is 2. The van der Waals surface area contributed by atoms with E-state index in [1.165, 1.54) is 6.07 Å². The van der Waals surface area contributed by atoms with Crippen molar-refractivity contribution in [1.82, 2.24) is 10.9 Å². The van der Waals surface area contributed by atoms with E-state index in [9.17, 15) is 9.59 Å². The molecule has 120 valence electrons. The van der Waals surface area contributed by atoms with E-state index in [1.54, 1.807) is 49.4 Å². The molecule has 0 saturated carbocycles. The molecular weight excluding hydrogens is 339 g/mol. The molecule has 2 aromatic rings. The molecule has 7 heteroatoms. The van der Waals surface area contributed by atoms with Crippen LogP contribution >= 0.6 is 23.2 Å². The maximum atomic E-state index is 11.9. The lowest BCUT2D eigenvalue weighted by Crippen LogP contribution is -2.47. The quantitative estimate of drug-likeness (QED) is 0.830. The van der Waals surface area contributed by atoms with Crippen LogP contribution in [0.2, 0.25) is 10.0 Å². The van der Waals surface area contributed by atoms with Gasteiger partial charge in [-0.2, -0.15) is 0 Å². The van der Waals surface area contributed by atoms with Gasteiger partial charge in [0.25, 0.3) is 11.8 Å². The summed E-state index contributed by atoms with van der Waals surface area (Å²) in [5.41, 5.74) is 5.06. The number of rotatable bonds is 4. The predicted octanol–water partition coefficient (Wildman–Crippen LogP) is 3.22. The van der Waals surface area contributed by atoms with Gasteiger partial charge in [0.1, 0.15) is 5.75 Å². The molecule has 0 aromatic heterocycles. The first-order valence-electron chi connectivity index (χ1n) is 6.74. The Morgan fingerprint density at radius 1 is 1.00 bits per heavy atom. The minimum atomic E-state index is -0.830. The summed E-state index contributed by atoms with van der Waals surface area (Å²) in [6, 6.07) is 13.2. The van der Waals surface area contributed by atoms with Gasteiger partial charge in [0.05, 0.1) is 10.0 Å². The fourth-order valence-electron chi connectivity index (χ4n) is 1.69. The molecule has 0 fully saturated rings. The summed E-state index contributed by atoms with van der Waals surface area (Å²) in [5, 5.41) is 0.723. The molecule has 23 heavy (non-hydrogen) atoms. The van der Waals surface area contributed by atoms with E-state index in [-0.39, 0.29) is 0 Å². The van der Waals surface area contributed by atoms with Crippen LogP contribution in [0.4, 0.5) is 0 Å². The number of hydrogen-bond acceptors (Lipinski definition) is 3. The van der Waals surface area contributed by atoms with Crippen LogP contribution in [0, 0.1) is 0 Å². The minimum Gasteiger partial charge on any atom is -0.481 e. The number of ether oxygens (including phenoxy) is 1. The van der Waals surface area contributed by atoms with E-state index in [2.05, 4.69) is 10.9 Å². The van der Waals surface area contributed by atoms with Crippen LogP contribution < -0.4 is 15.6 Å². The molecule has 2 rings (SSSR count). The van der Waals surface area contributed by atoms with E-state index in [4.69, 9.17) is 27.9 Å². The van der Waals surface area contributed by atoms with Crippen molar-refractivity contribution in [2.45, 2.75) is 13.0 Å². The van der Waals surface area contributed by atoms with Gasteiger partial charge in [0, 0.05) is 11.6 Å². The SMILES string of the molecule is CC(Oc1ccc(Cl)c(Cl)c1)C(=O)NNC(=O)c1ccccc1. The third-order valence-electron chi connectivity index (χ3n) is 2.91. The van der Waals surface area contributed by atoms with Crippen molar-refractivity contribution >= 4 is 35.0 Å². The molecule has 5 nitrogen and oxygen atoms in total. The zero-order valence-electron chi connectivity index (χ0n) is 12.2. The molecular formula is C16H14Cl2N2O3. The van der Waals surface area contributed by atoms with Crippen LogP contribution in [-0.2, 0) is 4.79 Å². The summed E-state index contributed by atoms with van der Waals surface area (Å²) in [4.78, 5) is 23.7. The van der Waals surface area contributed by atoms with Gasteiger partial charge in [-0.15, -0.1) is 0 Å². The topological polar surface area (TPSA) is 67.4 Å². The summed E-state index contributed by atoms with van der Waals surface area (Å²) in [6.45, 7) is 1.55. The highest BCUT2D eigenvalue weighted by Gasteiger charge is 2.16. The molecule has 0 heterocycles. The van der Waals surface area contributed by atoms with Crippen LogP contribution in [0.3, 0.4) is 0 Å². The Kier molecular flexibility index (Phi) is 5.84. The summed E-state index contributed by atoms with van der Waals surface area (Å²) in [6.07, 6.45) is -0.830. The average Bonchev–Trinajstić information content (AvgIpc) is 2.56. The van der Waals surface area contributed by atoms with Crippen LogP contribution in [0.15, 0.2) is 48.5 Å². The van der Waals surface area contributed by atoms with Crippen LogP contribution in [0.5, 0.6) is 5.75 Å². The zero-order valence-corrected chi connectivity index (χ0v) is 13.7. The molecule has 0 spiro atoms. The van der Waals surface area contributed by atoms with Crippen molar-refractivity contribution in [3.8, 4) is 5.75 Å². The molecule has 1 atom stereocenters. The van der Waals surface area contributed by atoms with Crippen LogP contribution in [0.25, 0.3) is 0 Å². The minimum absolute atomic E-state index is 0.328. The molecule has 0 radical (unpaired) electrons. The Morgan fingerprint density at radius 2 is 1.70 bits per heavy atom. The van der Waals surface area contributed by atoms with Gasteiger partial charge in [0.15, 0.2) is 6.10 Å². The highest BCUT2D eigenvalue weighted by atomic mass is 35.5. The number of amides is 2. The number of hydrogen-bond donors (Lipinski definition) is 2. The second kappa shape index (κ2) is 7.85. The van der Waals surface area contributed by atoms with Crippen molar-refractivity contribution in [3.63, 3.8) is 0 Å². The van der Waals surface area contributed by atoms with Crippen molar-refractivity contribution < 1.29 is 14.3 Å². The molecule has 2 aromatic carbocycles. The van der Waals surface area contributed by atoms with Crippen molar-refractivity contribution in [2.24, 2.45) is 0 Å². The van der Waals surface area contributed by atoms with E-state index in [0.29, 0.717) is 21.4 Å². The average molecular weight is 353 g/mol. The van der Waals surface area contributed by atoms with E-state index >= 15 is 0 Å². The first kappa shape index (κ1) is 17.1. The number of carbonyl (C=O) groups is 2. The first-order chi connectivity index (χ1) is 11.0. The van der Waals surface area contributed by atoms with Crippen molar-refractivity contribution in [3.05, 3.63) is 64.1 Å². The molecule has 2 amide bonds. The van der Waals surface area contributed by atoms with Crippen LogP contribution in [-0.4, -0.2) is 17.9 Å². The lowest BCUT2D eigenvalue weighted by molar-refractivity contribution is -0.128. The van der Waals surface area contributed by atoms with Gasteiger partial charge < -0.3 is 4.74 Å². The lowest BCUT2D eigenvalue weighted by atomic mass is 10.2. The van der Waals surface area contributed by atoms with Gasteiger partial charge in [-0.25, -0.2) is 0 Å². The second-order valence-corrected chi connectivity index (χ2v) is 5.46. The molecule has 0 aliphatic rings. The van der Waals surface area contributed by atoms with Gasteiger partial charge in [0.2, 0.25) is 0 Å². The van der Waals surface area contributed by atoms with Crippen molar-refractivity contribution in [1.29, 1.82) is 0 Å². The summed E-state index contributed by atoms with van der Waals surface area (Å²) < 4.78 is 5.44. The molecule has 2 N–H and O–H groups in total. The van der Waals surface area contributed by atoms with Crippen LogP contribution in [0.1, 0.15) is 17.3 Å². The molecule has 0 bridgehead atoms. The standard InChI is InChI=1S/C16H14Cl2N2O3/c1-10(23-12-7-8-13(17)14(18)9-12)15(21)19-20-16(22)11-5-3-2-4-6-11/h2-10H,1H3,(H,19,21)(H,20,22). The van der Waals surface area contributed by atoms with E-state index in [0.717, 1.165) is 0 Å². The highest BCUT2D eigenvalue weighted by molar-refractivity contribution is 6.42. The van der Waals surface area contributed by atoms with E-state index in [1.807, 2.05) is 0 Å². The summed E-state index contributed by atoms with van der Waals surface area (Å²) in [7, 11) is 0. The number of hydrazine groups is 1. The maximum absolute atomic E-state index is 11.9. The van der Waals surface area contributed by atoms with Gasteiger partial charge in [-0.3, -0.25) is 20.4 Å². The summed E-state index contributed by atoms with van der Waals surface area (Å²) in [5.74, 6) is -0.516. The highest BCUT2D eigenvalue weighted by Crippen LogP contribution is 2.26. The molecule has 0 aliphatic heterocycles. The largest absolute Gasteiger partial charge is 0.481 e. The number of nitrogens with one attached hydrogen (secondary N) is 2. The molecule has 0 saturated heterocycles. The Morgan fingerprint density at radius 3 is 2.35 bits per heavy atom. The van der Waals surface area contributed by atoms with E-state index < -0.39 is 17.9 Å². The third kappa shape index (κ3) is 4.87. The normalized spacial score (nSPS) is 11.4. The first-order valence-corrected chi connectivity index (χ1v) is 7.50. The maximum Gasteiger partial charge on any atom is 0.279 e. The molecule has 0 aliphatic carbocycles. The van der Waals surface area contributed by atoms with Gasteiger partial charge in [-0.05, 0) is 31.2 Å². The van der Waals surface area contributed by atoms with Crippen molar-refractivity contribution in [2.75, 3.05) is 0 Å². The summed E-state index contributed by atoms with van der Waals surface area (Å²) >= 11 is 11.7. The monoisotopic (exact) mass is 352 g/mol. The lowest BCUT2D eigenvalue weighted by Gasteiger charge is -2.15. The Labute approximate surface area is 143 Å². The van der Waals surface area contributed by atoms with Gasteiger partial charge in [-0.1, -0.05) is 41.4 Å². The number of carbonyl (C=O) groups excluding carboxylic acids is 2. The third-order valence-corrected chi connectivity index (χ3v) is 3.65. The Bertz CT molecular complexity index is 708. The predicted molar refractivity (Wildman–Crippen MR) is 88.6 cm³/mol. The fraction of sp³-hybridized carbons (Fsp3) is 0.125. The molecule has 1 unspecified atom stereocenters. The Balaban J connectivity index is 1.87. The zero-order chi connectivity index (χ0) is 16.8. The fourth-order valence-corrected chi connectivity index (χ4v) is 1.98. The second-order valence-electron chi connectivity index (χ2n) is 4.65.